The molecule has 3 aromatic rings. The average molecular weight is 273 g/mol. The van der Waals surface area contributed by atoms with Crippen molar-refractivity contribution < 1.29 is 8.83 Å². The van der Waals surface area contributed by atoms with Gasteiger partial charge in [0.1, 0.15) is 17.1 Å². The van der Waals surface area contributed by atoms with Crippen molar-refractivity contribution in [2.75, 3.05) is 5.75 Å². The van der Waals surface area contributed by atoms with Crippen LogP contribution in [0.1, 0.15) is 17.6 Å². The van der Waals surface area contributed by atoms with Crippen molar-refractivity contribution in [2.45, 2.75) is 17.9 Å². The molecule has 19 heavy (non-hydrogen) atoms. The highest BCUT2D eigenvalue weighted by molar-refractivity contribution is 7.99. The molecule has 0 radical (unpaired) electrons. The normalized spacial score (nSPS) is 12.9. The fourth-order valence-electron chi connectivity index (χ4n) is 1.97. The van der Waals surface area contributed by atoms with Gasteiger partial charge in [-0.25, -0.2) is 0 Å². The summed E-state index contributed by atoms with van der Waals surface area (Å²) in [5.74, 6) is 2.52. The molecule has 0 spiro atoms. The smallest absolute Gasteiger partial charge is 0.134 e. The number of para-hydroxylation sites is 1. The SMILES string of the molecule is Cc1occc1SCC(N)c1cc2ccccc2o1. The first-order valence-electron chi connectivity index (χ1n) is 6.15. The van der Waals surface area contributed by atoms with Gasteiger partial charge in [-0.2, -0.15) is 0 Å². The van der Waals surface area contributed by atoms with Crippen LogP contribution in [0.5, 0.6) is 0 Å². The summed E-state index contributed by atoms with van der Waals surface area (Å²) < 4.78 is 11.0. The van der Waals surface area contributed by atoms with E-state index < -0.39 is 0 Å². The van der Waals surface area contributed by atoms with E-state index in [1.165, 1.54) is 0 Å². The number of fused-ring (bicyclic) bond motifs is 1. The van der Waals surface area contributed by atoms with E-state index in [2.05, 4.69) is 0 Å². The molecule has 0 amide bonds. The second-order valence-electron chi connectivity index (χ2n) is 4.45. The Labute approximate surface area is 115 Å². The predicted octanol–water partition coefficient (Wildman–Crippen LogP) is 4.13. The maximum Gasteiger partial charge on any atom is 0.134 e. The second kappa shape index (κ2) is 5.15. The van der Waals surface area contributed by atoms with E-state index in [0.29, 0.717) is 0 Å². The first-order valence-corrected chi connectivity index (χ1v) is 7.13. The minimum atomic E-state index is -0.119. The van der Waals surface area contributed by atoms with Gasteiger partial charge in [-0.3, -0.25) is 0 Å². The summed E-state index contributed by atoms with van der Waals surface area (Å²) in [5, 5.41) is 1.09. The molecule has 0 aliphatic carbocycles. The molecule has 2 N–H and O–H groups in total. The van der Waals surface area contributed by atoms with E-state index >= 15 is 0 Å². The molecule has 1 aromatic carbocycles. The van der Waals surface area contributed by atoms with Gasteiger partial charge < -0.3 is 14.6 Å². The van der Waals surface area contributed by atoms with Crippen LogP contribution in [-0.2, 0) is 0 Å². The third kappa shape index (κ3) is 2.55. The lowest BCUT2D eigenvalue weighted by Gasteiger charge is -2.07. The van der Waals surface area contributed by atoms with E-state index in [9.17, 15) is 0 Å². The van der Waals surface area contributed by atoms with E-state index in [0.717, 1.165) is 33.1 Å². The van der Waals surface area contributed by atoms with Gasteiger partial charge in [0.2, 0.25) is 0 Å². The summed E-state index contributed by atoms with van der Waals surface area (Å²) in [6.45, 7) is 1.95. The molecule has 0 saturated carbocycles. The molecule has 1 unspecified atom stereocenters. The Balaban J connectivity index is 1.73. The molecule has 0 aliphatic heterocycles. The van der Waals surface area contributed by atoms with Crippen molar-refractivity contribution >= 4 is 22.7 Å². The molecule has 4 heteroatoms. The zero-order valence-electron chi connectivity index (χ0n) is 10.6. The Hall–Kier alpha value is -1.65. The predicted molar refractivity (Wildman–Crippen MR) is 77.3 cm³/mol. The summed E-state index contributed by atoms with van der Waals surface area (Å²) in [7, 11) is 0. The van der Waals surface area contributed by atoms with E-state index in [4.69, 9.17) is 14.6 Å². The summed E-state index contributed by atoms with van der Waals surface area (Å²) in [6, 6.07) is 11.8. The monoisotopic (exact) mass is 273 g/mol. The first-order chi connectivity index (χ1) is 9.24. The van der Waals surface area contributed by atoms with E-state index in [-0.39, 0.29) is 6.04 Å². The number of rotatable bonds is 4. The van der Waals surface area contributed by atoms with E-state index in [1.54, 1.807) is 18.0 Å². The largest absolute Gasteiger partial charge is 0.468 e. The van der Waals surface area contributed by atoms with Crippen molar-refractivity contribution in [2.24, 2.45) is 5.73 Å². The van der Waals surface area contributed by atoms with Crippen LogP contribution in [0.4, 0.5) is 0 Å². The van der Waals surface area contributed by atoms with Crippen LogP contribution in [0.25, 0.3) is 11.0 Å². The first kappa shape index (κ1) is 12.4. The van der Waals surface area contributed by atoms with Gasteiger partial charge in [-0.1, -0.05) is 18.2 Å². The molecule has 3 rings (SSSR count). The molecule has 98 valence electrons. The number of benzene rings is 1. The van der Waals surface area contributed by atoms with Gasteiger partial charge in [0.15, 0.2) is 0 Å². The molecule has 2 aromatic heterocycles. The van der Waals surface area contributed by atoms with E-state index in [1.807, 2.05) is 43.3 Å². The van der Waals surface area contributed by atoms with Crippen LogP contribution in [0.15, 0.2) is 56.4 Å². The van der Waals surface area contributed by atoms with Crippen LogP contribution in [0.3, 0.4) is 0 Å². The molecule has 0 saturated heterocycles. The quantitative estimate of drug-likeness (QED) is 0.726. The summed E-state index contributed by atoms with van der Waals surface area (Å²) >= 11 is 1.69. The van der Waals surface area contributed by atoms with Crippen LogP contribution >= 0.6 is 11.8 Å². The number of hydrogen-bond acceptors (Lipinski definition) is 4. The van der Waals surface area contributed by atoms with Gasteiger partial charge in [-0.05, 0) is 25.1 Å². The second-order valence-corrected chi connectivity index (χ2v) is 5.51. The number of furan rings is 2. The molecule has 3 nitrogen and oxygen atoms in total. The molecule has 2 heterocycles. The fraction of sp³-hybridized carbons (Fsp3) is 0.200. The van der Waals surface area contributed by atoms with Crippen LogP contribution in [-0.4, -0.2) is 5.75 Å². The molecule has 0 aliphatic rings. The van der Waals surface area contributed by atoms with Crippen LogP contribution < -0.4 is 5.73 Å². The number of thioether (sulfide) groups is 1. The highest BCUT2D eigenvalue weighted by Gasteiger charge is 2.13. The number of aryl methyl sites for hydroxylation is 1. The van der Waals surface area contributed by atoms with Crippen molar-refractivity contribution in [3.05, 3.63) is 54.2 Å². The maximum atomic E-state index is 6.18. The molecule has 0 bridgehead atoms. The minimum Gasteiger partial charge on any atom is -0.468 e. The summed E-state index contributed by atoms with van der Waals surface area (Å²) in [5.41, 5.74) is 7.07. The molecule has 0 fully saturated rings. The lowest BCUT2D eigenvalue weighted by atomic mass is 10.2. The van der Waals surface area contributed by atoms with Gasteiger partial charge in [0, 0.05) is 16.0 Å². The van der Waals surface area contributed by atoms with Gasteiger partial charge in [0.25, 0.3) is 0 Å². The third-order valence-corrected chi connectivity index (χ3v) is 4.30. The van der Waals surface area contributed by atoms with Crippen molar-refractivity contribution in [1.82, 2.24) is 0 Å². The third-order valence-electron chi connectivity index (χ3n) is 3.04. The van der Waals surface area contributed by atoms with Gasteiger partial charge in [0.05, 0.1) is 12.3 Å². The lowest BCUT2D eigenvalue weighted by molar-refractivity contribution is 0.515. The zero-order valence-corrected chi connectivity index (χ0v) is 11.4. The summed E-state index contributed by atoms with van der Waals surface area (Å²) in [4.78, 5) is 1.13. The maximum absolute atomic E-state index is 6.18. The molecular weight excluding hydrogens is 258 g/mol. The topological polar surface area (TPSA) is 52.3 Å². The fourth-order valence-corrected chi connectivity index (χ4v) is 2.90. The van der Waals surface area contributed by atoms with Crippen LogP contribution in [0.2, 0.25) is 0 Å². The zero-order chi connectivity index (χ0) is 13.2. The Morgan fingerprint density at radius 1 is 1.26 bits per heavy atom. The highest BCUT2D eigenvalue weighted by Crippen LogP contribution is 2.29. The Bertz CT molecular complexity index is 653. The Morgan fingerprint density at radius 2 is 2.11 bits per heavy atom. The van der Waals surface area contributed by atoms with Gasteiger partial charge >= 0.3 is 0 Å². The molecular formula is C15H15NO2S. The Morgan fingerprint density at radius 3 is 2.84 bits per heavy atom. The Kier molecular flexibility index (Phi) is 3.36. The van der Waals surface area contributed by atoms with Crippen molar-refractivity contribution in [3.63, 3.8) is 0 Å². The average Bonchev–Trinajstić information content (AvgIpc) is 3.01. The van der Waals surface area contributed by atoms with Crippen molar-refractivity contribution in [1.29, 1.82) is 0 Å². The lowest BCUT2D eigenvalue weighted by Crippen LogP contribution is -2.11. The van der Waals surface area contributed by atoms with Gasteiger partial charge in [-0.15, -0.1) is 11.8 Å². The number of hydrogen-bond donors (Lipinski definition) is 1. The standard InChI is InChI=1S/C15H15NO2S/c1-10-15(6-7-17-10)19-9-12(16)14-8-11-4-2-3-5-13(11)18-14/h2-8,12H,9,16H2,1H3. The molecule has 1 atom stereocenters. The van der Waals surface area contributed by atoms with Crippen LogP contribution in [0, 0.1) is 6.92 Å². The highest BCUT2D eigenvalue weighted by atomic mass is 32.2. The number of nitrogens with two attached hydrogens (primary N) is 1. The van der Waals surface area contributed by atoms with Crippen molar-refractivity contribution in [3.8, 4) is 0 Å². The summed E-state index contributed by atoms with van der Waals surface area (Å²) in [6.07, 6.45) is 1.70. The minimum absolute atomic E-state index is 0.119.